The zero-order valence-electron chi connectivity index (χ0n) is 10.2. The molecule has 0 heterocycles. The normalized spacial score (nSPS) is 11.8. The number of alkyl halides is 3. The average Bonchev–Trinajstić information content (AvgIpc) is 2.38. The van der Waals surface area contributed by atoms with E-state index in [0.717, 1.165) is 6.07 Å². The molecule has 0 amide bonds. The van der Waals surface area contributed by atoms with E-state index in [2.05, 4.69) is 10.5 Å². The van der Waals surface area contributed by atoms with Crippen molar-refractivity contribution < 1.29 is 13.2 Å². The van der Waals surface area contributed by atoms with Crippen LogP contribution in [0.15, 0.2) is 28.2 Å². The van der Waals surface area contributed by atoms with Crippen LogP contribution in [0.3, 0.4) is 0 Å². The Bertz CT molecular complexity index is 589. The molecule has 0 unspecified atom stereocenters. The molecule has 20 heavy (non-hydrogen) atoms. The Morgan fingerprint density at radius 1 is 1.50 bits per heavy atom. The second-order valence-corrected chi connectivity index (χ2v) is 4.39. The predicted octanol–water partition coefficient (Wildman–Crippen LogP) is 2.65. The molecule has 0 fully saturated rings. The van der Waals surface area contributed by atoms with Gasteiger partial charge in [-0.05, 0) is 24.5 Å². The Morgan fingerprint density at radius 3 is 2.60 bits per heavy atom. The minimum Gasteiger partial charge on any atom is -0.382 e. The first-order chi connectivity index (χ1) is 9.29. The first-order valence-corrected chi connectivity index (χ1v) is 6.35. The van der Waals surface area contributed by atoms with Crippen LogP contribution in [-0.4, -0.2) is 17.8 Å². The molecule has 0 radical (unpaired) electrons. The minimum atomic E-state index is -4.56. The van der Waals surface area contributed by atoms with Gasteiger partial charge in [-0.3, -0.25) is 10.8 Å². The molecule has 0 aliphatic heterocycles. The first kappa shape index (κ1) is 15.8. The number of hydrogen-bond acceptors (Lipinski definition) is 5. The highest BCUT2D eigenvalue weighted by molar-refractivity contribution is 7.98. The summed E-state index contributed by atoms with van der Waals surface area (Å²) in [6, 6.07) is 5.17. The molecule has 1 aromatic carbocycles. The molecule has 0 saturated heterocycles. The van der Waals surface area contributed by atoms with Gasteiger partial charge < -0.3 is 5.73 Å². The van der Waals surface area contributed by atoms with Gasteiger partial charge in [0.05, 0.1) is 11.3 Å². The fourth-order valence-corrected chi connectivity index (χ4v) is 1.68. The average molecular weight is 301 g/mol. The maximum Gasteiger partial charge on any atom is 0.418 e. The van der Waals surface area contributed by atoms with Crippen LogP contribution >= 0.6 is 11.8 Å². The van der Waals surface area contributed by atoms with Gasteiger partial charge in [0.2, 0.25) is 5.71 Å². The molecule has 9 heteroatoms. The second kappa shape index (κ2) is 6.29. The number of halogens is 3. The number of nitrogens with one attached hydrogen (secondary N) is 2. The lowest BCUT2D eigenvalue weighted by atomic mass is 10.2. The molecule has 0 spiro atoms. The van der Waals surface area contributed by atoms with E-state index in [1.165, 1.54) is 30.0 Å². The van der Waals surface area contributed by atoms with E-state index in [9.17, 15) is 13.2 Å². The number of anilines is 1. The molecular formula is C11H10F3N5S. The molecule has 5 nitrogen and oxygen atoms in total. The van der Waals surface area contributed by atoms with Crippen LogP contribution in [0.5, 0.6) is 0 Å². The third-order valence-corrected chi connectivity index (χ3v) is 2.91. The van der Waals surface area contributed by atoms with Gasteiger partial charge in [0.25, 0.3) is 0 Å². The van der Waals surface area contributed by atoms with Crippen LogP contribution < -0.4 is 11.2 Å². The van der Waals surface area contributed by atoms with Crippen molar-refractivity contribution >= 4 is 29.0 Å². The number of nitrogens with two attached hydrogens (primary N) is 1. The monoisotopic (exact) mass is 301 g/mol. The van der Waals surface area contributed by atoms with Crippen molar-refractivity contribution in [1.82, 2.24) is 0 Å². The summed E-state index contributed by atoms with van der Waals surface area (Å²) in [6.07, 6.45) is -2.91. The van der Waals surface area contributed by atoms with Crippen molar-refractivity contribution in [2.45, 2.75) is 11.1 Å². The quantitative estimate of drug-likeness (QED) is 0.344. The number of thioether (sulfide) groups is 1. The standard InChI is InChI=1S/C11H10F3N5S/c1-20-6-2-3-8(7(4-6)11(12,13)14)18-19-9(5-15)10(16)17/h2-4,18H,1H3,(H3,16,17)/b19-9+. The molecule has 0 saturated carbocycles. The maximum absolute atomic E-state index is 12.9. The molecule has 0 aromatic heterocycles. The number of rotatable bonds is 4. The Balaban J connectivity index is 3.19. The van der Waals surface area contributed by atoms with Gasteiger partial charge in [0.15, 0.2) is 5.84 Å². The van der Waals surface area contributed by atoms with Crippen LogP contribution in [0, 0.1) is 16.7 Å². The van der Waals surface area contributed by atoms with Gasteiger partial charge in [-0.25, -0.2) is 0 Å². The summed E-state index contributed by atoms with van der Waals surface area (Å²) in [7, 11) is 0. The summed E-state index contributed by atoms with van der Waals surface area (Å²) in [5.74, 6) is -0.630. The van der Waals surface area contributed by atoms with Gasteiger partial charge in [0, 0.05) is 4.90 Å². The first-order valence-electron chi connectivity index (χ1n) is 5.13. The number of benzene rings is 1. The van der Waals surface area contributed by atoms with Crippen LogP contribution in [-0.2, 0) is 6.18 Å². The lowest BCUT2D eigenvalue weighted by Gasteiger charge is -2.13. The predicted molar refractivity (Wildman–Crippen MR) is 71.8 cm³/mol. The van der Waals surface area contributed by atoms with Crippen LogP contribution in [0.2, 0.25) is 0 Å². The molecule has 0 atom stereocenters. The third-order valence-electron chi connectivity index (χ3n) is 2.18. The fourth-order valence-electron chi connectivity index (χ4n) is 1.24. The van der Waals surface area contributed by atoms with E-state index < -0.39 is 23.3 Å². The Morgan fingerprint density at radius 2 is 2.15 bits per heavy atom. The molecule has 4 N–H and O–H groups in total. The summed E-state index contributed by atoms with van der Waals surface area (Å²) < 4.78 is 38.7. The molecular weight excluding hydrogens is 291 g/mol. The van der Waals surface area contributed by atoms with E-state index in [1.807, 2.05) is 0 Å². The highest BCUT2D eigenvalue weighted by Gasteiger charge is 2.33. The molecule has 0 bridgehead atoms. The van der Waals surface area contributed by atoms with Crippen molar-refractivity contribution in [1.29, 1.82) is 10.7 Å². The number of nitrogens with zero attached hydrogens (tertiary/aromatic N) is 2. The highest BCUT2D eigenvalue weighted by Crippen LogP contribution is 2.37. The molecule has 0 aliphatic carbocycles. The summed E-state index contributed by atoms with van der Waals surface area (Å²) >= 11 is 1.17. The fraction of sp³-hybridized carbons (Fsp3) is 0.182. The van der Waals surface area contributed by atoms with Crippen molar-refractivity contribution in [3.8, 4) is 6.07 Å². The van der Waals surface area contributed by atoms with Crippen molar-refractivity contribution in [2.75, 3.05) is 11.7 Å². The number of hydrogen-bond donors (Lipinski definition) is 3. The number of nitriles is 1. The number of hydrazone groups is 1. The zero-order chi connectivity index (χ0) is 15.3. The molecule has 0 aliphatic rings. The second-order valence-electron chi connectivity index (χ2n) is 3.51. The van der Waals surface area contributed by atoms with Gasteiger partial charge >= 0.3 is 6.18 Å². The smallest absolute Gasteiger partial charge is 0.382 e. The summed E-state index contributed by atoms with van der Waals surface area (Å²) in [5, 5.41) is 19.0. The molecule has 106 valence electrons. The van der Waals surface area contributed by atoms with Crippen LogP contribution in [0.4, 0.5) is 18.9 Å². The topological polar surface area (TPSA) is 98.0 Å². The van der Waals surface area contributed by atoms with E-state index in [-0.39, 0.29) is 5.69 Å². The van der Waals surface area contributed by atoms with Gasteiger partial charge in [-0.1, -0.05) is 0 Å². The van der Waals surface area contributed by atoms with Crippen LogP contribution in [0.1, 0.15) is 5.56 Å². The SMILES string of the molecule is CSc1ccc(N/N=C(\C#N)C(=N)N)c(C(F)(F)F)c1. The Kier molecular flexibility index (Phi) is 4.99. The largest absolute Gasteiger partial charge is 0.418 e. The van der Waals surface area contributed by atoms with E-state index in [0.29, 0.717) is 4.90 Å². The van der Waals surface area contributed by atoms with Gasteiger partial charge in [-0.2, -0.15) is 23.5 Å². The molecule has 1 aromatic rings. The minimum absolute atomic E-state index is 0.315. The van der Waals surface area contributed by atoms with Gasteiger partial charge in [0.1, 0.15) is 6.07 Å². The lowest BCUT2D eigenvalue weighted by Crippen LogP contribution is -2.22. The highest BCUT2D eigenvalue weighted by atomic mass is 32.2. The zero-order valence-corrected chi connectivity index (χ0v) is 11.1. The van der Waals surface area contributed by atoms with Crippen molar-refractivity contribution in [3.05, 3.63) is 23.8 Å². The van der Waals surface area contributed by atoms with E-state index >= 15 is 0 Å². The van der Waals surface area contributed by atoms with Crippen LogP contribution in [0.25, 0.3) is 0 Å². The third kappa shape index (κ3) is 3.89. The Hall–Kier alpha value is -2.21. The van der Waals surface area contributed by atoms with Gasteiger partial charge in [-0.15, -0.1) is 11.8 Å². The van der Waals surface area contributed by atoms with E-state index in [1.54, 1.807) is 6.26 Å². The maximum atomic E-state index is 12.9. The van der Waals surface area contributed by atoms with Crippen molar-refractivity contribution in [3.63, 3.8) is 0 Å². The molecule has 1 rings (SSSR count). The van der Waals surface area contributed by atoms with E-state index in [4.69, 9.17) is 16.4 Å². The lowest BCUT2D eigenvalue weighted by molar-refractivity contribution is -0.137. The summed E-state index contributed by atoms with van der Waals surface area (Å²) in [6.45, 7) is 0. The van der Waals surface area contributed by atoms with Crippen molar-refractivity contribution in [2.24, 2.45) is 10.8 Å². The Labute approximate surface area is 117 Å². The summed E-state index contributed by atoms with van der Waals surface area (Å²) in [4.78, 5) is 0.443. The summed E-state index contributed by atoms with van der Waals surface area (Å²) in [5.41, 5.74) is 5.45. The number of amidine groups is 1.